The van der Waals surface area contributed by atoms with Gasteiger partial charge in [0, 0.05) is 36.7 Å². The number of aromatic nitrogens is 2. The van der Waals surface area contributed by atoms with Crippen LogP contribution in [0.15, 0.2) is 24.5 Å². The maximum absolute atomic E-state index is 12.3. The number of carbonyl (C=O) groups is 2. The number of nitrogens with one attached hydrogen (secondary N) is 1. The van der Waals surface area contributed by atoms with E-state index in [1.54, 1.807) is 11.1 Å². The molecule has 0 radical (unpaired) electrons. The molecule has 1 N–H and O–H groups in total. The van der Waals surface area contributed by atoms with Crippen LogP contribution >= 0.6 is 0 Å². The van der Waals surface area contributed by atoms with Gasteiger partial charge in [-0.3, -0.25) is 19.4 Å². The number of hydrogen-bond donors (Lipinski definition) is 1. The zero-order valence-corrected chi connectivity index (χ0v) is 21.3. The Balaban J connectivity index is 0.992. The summed E-state index contributed by atoms with van der Waals surface area (Å²) in [7, 11) is 2.39. The summed E-state index contributed by atoms with van der Waals surface area (Å²) in [4.78, 5) is 32.4. The second-order valence-corrected chi connectivity index (χ2v) is 11.7. The van der Waals surface area contributed by atoms with Crippen LogP contribution in [-0.2, 0) is 4.79 Å². The molecular weight excluding hydrogens is 450 g/mol. The Hall–Kier alpha value is -2.85. The van der Waals surface area contributed by atoms with Gasteiger partial charge in [-0.05, 0) is 94.8 Å². The molecule has 0 unspecified atom stereocenters. The fourth-order valence-corrected chi connectivity index (χ4v) is 7.70. The minimum atomic E-state index is -0.404. The van der Waals surface area contributed by atoms with E-state index in [-0.39, 0.29) is 12.3 Å². The third-order valence-corrected chi connectivity index (χ3v) is 9.16. The first-order valence-electron chi connectivity index (χ1n) is 13.8. The zero-order valence-electron chi connectivity index (χ0n) is 21.3. The van der Waals surface area contributed by atoms with Crippen LogP contribution in [0.1, 0.15) is 76.2 Å². The van der Waals surface area contributed by atoms with Crippen LogP contribution in [0.4, 0.5) is 10.6 Å². The van der Waals surface area contributed by atoms with Gasteiger partial charge in [0.15, 0.2) is 0 Å². The Morgan fingerprint density at radius 3 is 2.56 bits per heavy atom. The maximum atomic E-state index is 12.3. The molecule has 0 aromatic carbocycles. The third kappa shape index (κ3) is 4.52. The number of pyridine rings is 1. The van der Waals surface area contributed by atoms with Crippen molar-refractivity contribution in [3.05, 3.63) is 30.1 Å². The molecule has 2 aromatic rings. The number of rotatable bonds is 7. The second kappa shape index (κ2) is 9.55. The number of urea groups is 1. The molecular formula is C29H37N5O2. The van der Waals surface area contributed by atoms with E-state index in [1.165, 1.54) is 57.9 Å². The van der Waals surface area contributed by atoms with Crippen LogP contribution in [0.3, 0.4) is 0 Å². The molecule has 7 nitrogen and oxygen atoms in total. The molecule has 4 bridgehead atoms. The lowest BCUT2D eigenvalue weighted by molar-refractivity contribution is -0.120. The molecule has 5 aliphatic rings. The zero-order chi connectivity index (χ0) is 24.7. The number of anilines is 1. The summed E-state index contributed by atoms with van der Waals surface area (Å²) < 4.78 is 1.87. The average molecular weight is 488 g/mol. The molecule has 3 amide bonds. The van der Waals surface area contributed by atoms with Gasteiger partial charge in [0.25, 0.3) is 0 Å². The highest BCUT2D eigenvalue weighted by Gasteiger charge is 2.52. The van der Waals surface area contributed by atoms with Gasteiger partial charge >= 0.3 is 6.03 Å². The fraction of sp³-hybridized carbons (Fsp3) is 0.621. The van der Waals surface area contributed by atoms with Crippen molar-refractivity contribution in [3.63, 3.8) is 0 Å². The lowest BCUT2D eigenvalue weighted by Crippen LogP contribution is -2.58. The van der Waals surface area contributed by atoms with Crippen molar-refractivity contribution in [2.75, 3.05) is 25.0 Å². The number of hydrogen-bond acceptors (Lipinski definition) is 4. The summed E-state index contributed by atoms with van der Waals surface area (Å²) in [6, 6.07) is 3.48. The molecule has 1 aliphatic heterocycles. The number of imide groups is 1. The minimum absolute atomic E-state index is 0.240. The van der Waals surface area contributed by atoms with Gasteiger partial charge in [0.05, 0.1) is 6.20 Å². The van der Waals surface area contributed by atoms with Crippen molar-refractivity contribution in [1.82, 2.24) is 19.6 Å². The second-order valence-electron chi connectivity index (χ2n) is 11.7. The average Bonchev–Trinajstić information content (AvgIpc) is 3.25. The molecule has 190 valence electrons. The Labute approximate surface area is 213 Å². The van der Waals surface area contributed by atoms with Crippen molar-refractivity contribution in [2.45, 2.75) is 76.2 Å². The van der Waals surface area contributed by atoms with Crippen LogP contribution in [-0.4, -0.2) is 51.9 Å². The van der Waals surface area contributed by atoms with E-state index in [4.69, 9.17) is 0 Å². The topological polar surface area (TPSA) is 70.0 Å². The summed E-state index contributed by atoms with van der Waals surface area (Å²) in [5, 5.41) is 2.37. The largest absolute Gasteiger partial charge is 0.329 e. The number of fused-ring (bicyclic) bond motifs is 1. The van der Waals surface area contributed by atoms with E-state index in [1.807, 2.05) is 22.7 Å². The Morgan fingerprint density at radius 1 is 1.08 bits per heavy atom. The summed E-state index contributed by atoms with van der Waals surface area (Å²) in [6.45, 7) is 1.57. The van der Waals surface area contributed by atoms with Crippen molar-refractivity contribution >= 4 is 23.4 Å². The van der Waals surface area contributed by atoms with E-state index in [2.05, 4.69) is 34.1 Å². The SMILES string of the molecule is CN(CCCCCC#Cc1ccc2ncc(N3CCC(=O)NC3=O)n2c1)C12CC3CC(CC(C3)C1)C2. The van der Waals surface area contributed by atoms with Crippen LogP contribution in [0, 0.1) is 29.6 Å². The van der Waals surface area contributed by atoms with Crippen LogP contribution < -0.4 is 10.2 Å². The predicted molar refractivity (Wildman–Crippen MR) is 140 cm³/mol. The van der Waals surface area contributed by atoms with E-state index >= 15 is 0 Å². The summed E-state index contributed by atoms with van der Waals surface area (Å²) in [6.07, 6.45) is 17.3. The number of unbranched alkanes of at least 4 members (excludes halogenated alkanes) is 3. The Bertz CT molecular complexity index is 1190. The Kier molecular flexibility index (Phi) is 6.25. The smallest absolute Gasteiger partial charge is 0.301 e. The molecule has 3 heterocycles. The molecule has 5 fully saturated rings. The highest BCUT2D eigenvalue weighted by atomic mass is 16.2. The third-order valence-electron chi connectivity index (χ3n) is 9.16. The van der Waals surface area contributed by atoms with Gasteiger partial charge in [-0.1, -0.05) is 18.3 Å². The van der Waals surface area contributed by atoms with Crippen LogP contribution in [0.2, 0.25) is 0 Å². The molecule has 1 saturated heterocycles. The van der Waals surface area contributed by atoms with E-state index in [0.717, 1.165) is 41.8 Å². The van der Waals surface area contributed by atoms with Gasteiger partial charge in [-0.2, -0.15) is 0 Å². The van der Waals surface area contributed by atoms with Gasteiger partial charge in [0.2, 0.25) is 5.91 Å². The lowest BCUT2D eigenvalue weighted by Gasteiger charge is -2.60. The van der Waals surface area contributed by atoms with Gasteiger partial charge in [-0.15, -0.1) is 0 Å². The molecule has 2 aromatic heterocycles. The number of carbonyl (C=O) groups excluding carboxylic acids is 2. The van der Waals surface area contributed by atoms with Gasteiger partial charge < -0.3 is 4.90 Å². The summed E-state index contributed by atoms with van der Waals surface area (Å²) in [5.41, 5.74) is 2.17. The van der Waals surface area contributed by atoms with E-state index < -0.39 is 6.03 Å². The monoisotopic (exact) mass is 487 g/mol. The maximum Gasteiger partial charge on any atom is 0.329 e. The van der Waals surface area contributed by atoms with Crippen molar-refractivity contribution in [2.24, 2.45) is 17.8 Å². The fourth-order valence-electron chi connectivity index (χ4n) is 7.70. The van der Waals surface area contributed by atoms with Crippen molar-refractivity contribution in [1.29, 1.82) is 0 Å². The van der Waals surface area contributed by atoms with E-state index in [9.17, 15) is 9.59 Å². The van der Waals surface area contributed by atoms with Crippen molar-refractivity contribution < 1.29 is 9.59 Å². The molecule has 0 spiro atoms. The summed E-state index contributed by atoms with van der Waals surface area (Å²) >= 11 is 0. The van der Waals surface area contributed by atoms with Gasteiger partial charge in [0.1, 0.15) is 11.5 Å². The quantitative estimate of drug-likeness (QED) is 0.458. The predicted octanol–water partition coefficient (Wildman–Crippen LogP) is 4.59. The molecule has 4 saturated carbocycles. The first-order chi connectivity index (χ1) is 17.5. The normalized spacial score (nSPS) is 29.1. The number of amides is 3. The molecule has 4 aliphatic carbocycles. The molecule has 36 heavy (non-hydrogen) atoms. The van der Waals surface area contributed by atoms with E-state index in [0.29, 0.717) is 17.9 Å². The Morgan fingerprint density at radius 2 is 1.83 bits per heavy atom. The molecule has 0 atom stereocenters. The molecule has 7 heteroatoms. The number of nitrogens with zero attached hydrogens (tertiary/aromatic N) is 4. The first-order valence-corrected chi connectivity index (χ1v) is 13.8. The number of imidazole rings is 1. The van der Waals surface area contributed by atoms with Crippen LogP contribution in [0.25, 0.3) is 5.65 Å². The van der Waals surface area contributed by atoms with Crippen LogP contribution in [0.5, 0.6) is 0 Å². The summed E-state index contributed by atoms with van der Waals surface area (Å²) in [5.74, 6) is 10.1. The lowest BCUT2D eigenvalue weighted by atomic mass is 9.52. The van der Waals surface area contributed by atoms with Crippen molar-refractivity contribution in [3.8, 4) is 11.8 Å². The first kappa shape index (κ1) is 23.5. The highest BCUT2D eigenvalue weighted by molar-refractivity contribution is 6.05. The minimum Gasteiger partial charge on any atom is -0.301 e. The molecule has 7 rings (SSSR count). The van der Waals surface area contributed by atoms with Gasteiger partial charge in [-0.25, -0.2) is 9.78 Å². The highest BCUT2D eigenvalue weighted by Crippen LogP contribution is 2.57. The standard InChI is InChI=1S/C29H37N5O2/c1-32(29-16-22-13-23(17-29)15-24(14-22)18-29)11-6-4-2-3-5-7-21-8-9-25-30-19-27(34(25)20-21)33-12-10-26(35)31-28(33)36/h8-9,19-20,22-24H,2-4,6,10-18H2,1H3,(H,31,35,36).